The van der Waals surface area contributed by atoms with E-state index in [9.17, 15) is 9.18 Å². The van der Waals surface area contributed by atoms with Crippen LogP contribution >= 0.6 is 0 Å². The Morgan fingerprint density at radius 1 is 1.33 bits per heavy atom. The average Bonchev–Trinajstić information content (AvgIpc) is 2.96. The van der Waals surface area contributed by atoms with E-state index in [1.165, 1.54) is 31.4 Å². The summed E-state index contributed by atoms with van der Waals surface area (Å²) in [5.74, 6) is 1.23. The highest BCUT2D eigenvalue weighted by molar-refractivity contribution is 5.93. The van der Waals surface area contributed by atoms with E-state index in [0.717, 1.165) is 17.9 Å². The number of carbonyl (C=O) groups excluding carboxylic acids is 1. The van der Waals surface area contributed by atoms with Gasteiger partial charge >= 0.3 is 0 Å². The van der Waals surface area contributed by atoms with Crippen LogP contribution in [-0.2, 0) is 4.79 Å². The molecule has 1 amide bonds. The number of hydrogen-bond acceptors (Lipinski definition) is 1. The predicted molar refractivity (Wildman–Crippen MR) is 68.7 cm³/mol. The molecule has 2 fully saturated rings. The van der Waals surface area contributed by atoms with Gasteiger partial charge in [-0.1, -0.05) is 12.5 Å². The molecule has 2 bridgehead atoms. The highest BCUT2D eigenvalue weighted by atomic mass is 19.1. The van der Waals surface area contributed by atoms with Gasteiger partial charge in [-0.15, -0.1) is 0 Å². The molecule has 2 aliphatic rings. The van der Waals surface area contributed by atoms with E-state index in [2.05, 4.69) is 5.32 Å². The molecule has 0 saturated heterocycles. The molecule has 2 nitrogen and oxygen atoms in total. The van der Waals surface area contributed by atoms with Gasteiger partial charge in [-0.2, -0.15) is 0 Å². The van der Waals surface area contributed by atoms with E-state index in [1.807, 2.05) is 6.92 Å². The van der Waals surface area contributed by atoms with Gasteiger partial charge in [0, 0.05) is 11.6 Å². The smallest absolute Gasteiger partial charge is 0.227 e. The zero-order chi connectivity index (χ0) is 12.7. The van der Waals surface area contributed by atoms with Crippen molar-refractivity contribution >= 4 is 11.6 Å². The number of carbonyl (C=O) groups is 1. The molecule has 1 aromatic carbocycles. The van der Waals surface area contributed by atoms with Gasteiger partial charge in [0.05, 0.1) is 0 Å². The number of aryl methyl sites for hydroxylation is 1. The summed E-state index contributed by atoms with van der Waals surface area (Å²) in [6.07, 6.45) is 4.70. The first-order valence-corrected chi connectivity index (χ1v) is 6.70. The molecule has 18 heavy (non-hydrogen) atoms. The quantitative estimate of drug-likeness (QED) is 0.851. The summed E-state index contributed by atoms with van der Waals surface area (Å²) in [5, 5.41) is 2.90. The third kappa shape index (κ3) is 2.02. The van der Waals surface area contributed by atoms with Crippen LogP contribution in [0.1, 0.15) is 31.2 Å². The van der Waals surface area contributed by atoms with Crippen molar-refractivity contribution in [1.29, 1.82) is 0 Å². The molecule has 3 heteroatoms. The third-order valence-corrected chi connectivity index (χ3v) is 4.53. The topological polar surface area (TPSA) is 29.1 Å². The van der Waals surface area contributed by atoms with Crippen molar-refractivity contribution in [3.8, 4) is 0 Å². The lowest BCUT2D eigenvalue weighted by atomic mass is 9.88. The molecule has 2 saturated carbocycles. The van der Waals surface area contributed by atoms with Crippen LogP contribution in [0.2, 0.25) is 0 Å². The van der Waals surface area contributed by atoms with Gasteiger partial charge in [-0.05, 0) is 55.7 Å². The molecular formula is C15H18FNO. The molecule has 3 unspecified atom stereocenters. The van der Waals surface area contributed by atoms with Gasteiger partial charge in [0.1, 0.15) is 5.82 Å². The minimum atomic E-state index is -0.302. The Balaban J connectivity index is 1.72. The summed E-state index contributed by atoms with van der Waals surface area (Å²) >= 11 is 0. The number of hydrogen-bond donors (Lipinski definition) is 1. The molecule has 0 aliphatic heterocycles. The zero-order valence-corrected chi connectivity index (χ0v) is 10.6. The second-order valence-corrected chi connectivity index (χ2v) is 5.73. The Morgan fingerprint density at radius 3 is 2.83 bits per heavy atom. The van der Waals surface area contributed by atoms with E-state index in [-0.39, 0.29) is 17.6 Å². The van der Waals surface area contributed by atoms with Gasteiger partial charge in [-0.3, -0.25) is 4.79 Å². The van der Waals surface area contributed by atoms with Gasteiger partial charge in [0.2, 0.25) is 5.91 Å². The second-order valence-electron chi connectivity index (χ2n) is 5.73. The molecule has 0 aromatic heterocycles. The Kier molecular flexibility index (Phi) is 2.84. The van der Waals surface area contributed by atoms with Crippen LogP contribution < -0.4 is 5.32 Å². The van der Waals surface area contributed by atoms with Gasteiger partial charge < -0.3 is 5.32 Å². The fraction of sp³-hybridized carbons (Fsp3) is 0.533. The van der Waals surface area contributed by atoms with Crippen LogP contribution in [0.15, 0.2) is 18.2 Å². The summed E-state index contributed by atoms with van der Waals surface area (Å²) in [4.78, 5) is 12.2. The van der Waals surface area contributed by atoms with Crippen molar-refractivity contribution in [2.75, 3.05) is 5.32 Å². The molecule has 1 aromatic rings. The van der Waals surface area contributed by atoms with Crippen molar-refractivity contribution in [2.24, 2.45) is 17.8 Å². The standard InChI is InChI=1S/C15H18FNO/c1-9-2-5-12(16)8-14(9)17-15(18)13-7-10-3-4-11(13)6-10/h2,5,8,10-11,13H,3-4,6-7H2,1H3,(H,17,18). The van der Waals surface area contributed by atoms with Crippen molar-refractivity contribution in [2.45, 2.75) is 32.6 Å². The summed E-state index contributed by atoms with van der Waals surface area (Å²) in [6.45, 7) is 1.88. The summed E-state index contributed by atoms with van der Waals surface area (Å²) in [5.41, 5.74) is 1.52. The first-order valence-electron chi connectivity index (χ1n) is 6.70. The maximum atomic E-state index is 13.2. The van der Waals surface area contributed by atoms with Crippen LogP contribution in [0.25, 0.3) is 0 Å². The fourth-order valence-electron chi connectivity index (χ4n) is 3.52. The third-order valence-electron chi connectivity index (χ3n) is 4.53. The maximum absolute atomic E-state index is 13.2. The Bertz CT molecular complexity index is 485. The fourth-order valence-corrected chi connectivity index (χ4v) is 3.52. The minimum absolute atomic E-state index is 0.0795. The highest BCUT2D eigenvalue weighted by Gasteiger charge is 2.43. The lowest BCUT2D eigenvalue weighted by molar-refractivity contribution is -0.121. The average molecular weight is 247 g/mol. The molecule has 96 valence electrons. The van der Waals surface area contributed by atoms with Crippen LogP contribution in [0, 0.1) is 30.5 Å². The molecule has 1 N–H and O–H groups in total. The first kappa shape index (κ1) is 11.7. The van der Waals surface area contributed by atoms with Gasteiger partial charge in [0.15, 0.2) is 0 Å². The number of fused-ring (bicyclic) bond motifs is 2. The molecule has 0 heterocycles. The molecule has 3 atom stereocenters. The molecular weight excluding hydrogens is 229 g/mol. The van der Waals surface area contributed by atoms with Crippen LogP contribution in [0.4, 0.5) is 10.1 Å². The molecule has 0 radical (unpaired) electrons. The van der Waals surface area contributed by atoms with Crippen LogP contribution in [0.3, 0.4) is 0 Å². The van der Waals surface area contributed by atoms with Crippen molar-refractivity contribution in [1.82, 2.24) is 0 Å². The molecule has 0 spiro atoms. The van der Waals surface area contributed by atoms with Gasteiger partial charge in [0.25, 0.3) is 0 Å². The van der Waals surface area contributed by atoms with E-state index < -0.39 is 0 Å². The number of anilines is 1. The SMILES string of the molecule is Cc1ccc(F)cc1NC(=O)C1CC2CCC1C2. The van der Waals surface area contributed by atoms with Crippen molar-refractivity contribution < 1.29 is 9.18 Å². The predicted octanol–water partition coefficient (Wildman–Crippen LogP) is 3.51. The number of nitrogens with one attached hydrogen (secondary N) is 1. The number of benzene rings is 1. The second kappa shape index (κ2) is 4.38. The number of halogens is 1. The number of amides is 1. The normalized spacial score (nSPS) is 29.6. The number of rotatable bonds is 2. The van der Waals surface area contributed by atoms with Crippen molar-refractivity contribution in [3.05, 3.63) is 29.6 Å². The molecule has 3 rings (SSSR count). The lowest BCUT2D eigenvalue weighted by Crippen LogP contribution is -2.27. The van der Waals surface area contributed by atoms with Crippen molar-refractivity contribution in [3.63, 3.8) is 0 Å². The maximum Gasteiger partial charge on any atom is 0.227 e. The largest absolute Gasteiger partial charge is 0.325 e. The summed E-state index contributed by atoms with van der Waals surface area (Å²) in [6, 6.07) is 4.52. The Hall–Kier alpha value is -1.38. The lowest BCUT2D eigenvalue weighted by Gasteiger charge is -2.21. The zero-order valence-electron chi connectivity index (χ0n) is 10.6. The van der Waals surface area contributed by atoms with E-state index in [0.29, 0.717) is 11.6 Å². The van der Waals surface area contributed by atoms with Crippen LogP contribution in [0.5, 0.6) is 0 Å². The van der Waals surface area contributed by atoms with Gasteiger partial charge in [-0.25, -0.2) is 4.39 Å². The highest BCUT2D eigenvalue weighted by Crippen LogP contribution is 2.48. The molecule has 2 aliphatic carbocycles. The van der Waals surface area contributed by atoms with E-state index in [4.69, 9.17) is 0 Å². The summed E-state index contributed by atoms with van der Waals surface area (Å²) < 4.78 is 13.2. The minimum Gasteiger partial charge on any atom is -0.325 e. The van der Waals surface area contributed by atoms with E-state index >= 15 is 0 Å². The Labute approximate surface area is 107 Å². The Morgan fingerprint density at radius 2 is 2.17 bits per heavy atom. The van der Waals surface area contributed by atoms with E-state index in [1.54, 1.807) is 6.07 Å². The summed E-state index contributed by atoms with van der Waals surface area (Å²) in [7, 11) is 0. The van der Waals surface area contributed by atoms with Crippen LogP contribution in [-0.4, -0.2) is 5.91 Å². The monoisotopic (exact) mass is 247 g/mol. The first-order chi connectivity index (χ1) is 8.63.